The SMILES string of the molecule is CNCc1ccc(OC)c(OCc2c(Cl)c(C)nn2C)c1. The van der Waals surface area contributed by atoms with E-state index in [1.165, 1.54) is 0 Å². The maximum absolute atomic E-state index is 6.23. The zero-order valence-corrected chi connectivity index (χ0v) is 13.5. The highest BCUT2D eigenvalue weighted by Gasteiger charge is 2.13. The highest BCUT2D eigenvalue weighted by molar-refractivity contribution is 6.31. The smallest absolute Gasteiger partial charge is 0.162 e. The molecule has 6 heteroatoms. The van der Waals surface area contributed by atoms with E-state index in [0.717, 1.165) is 23.5 Å². The predicted molar refractivity (Wildman–Crippen MR) is 83.0 cm³/mol. The van der Waals surface area contributed by atoms with Crippen LogP contribution in [-0.2, 0) is 20.2 Å². The number of benzene rings is 1. The van der Waals surface area contributed by atoms with Crippen LogP contribution in [-0.4, -0.2) is 23.9 Å². The molecular formula is C15H20ClN3O2. The number of aryl methyl sites for hydroxylation is 2. The van der Waals surface area contributed by atoms with E-state index in [9.17, 15) is 0 Å². The normalized spacial score (nSPS) is 10.7. The van der Waals surface area contributed by atoms with Crippen LogP contribution in [0.25, 0.3) is 0 Å². The van der Waals surface area contributed by atoms with Crippen molar-refractivity contribution in [3.8, 4) is 11.5 Å². The molecule has 21 heavy (non-hydrogen) atoms. The van der Waals surface area contributed by atoms with Gasteiger partial charge in [-0.25, -0.2) is 0 Å². The van der Waals surface area contributed by atoms with Gasteiger partial charge in [0.1, 0.15) is 6.61 Å². The van der Waals surface area contributed by atoms with Crippen molar-refractivity contribution in [2.24, 2.45) is 7.05 Å². The Morgan fingerprint density at radius 2 is 2.10 bits per heavy atom. The Balaban J connectivity index is 2.20. The van der Waals surface area contributed by atoms with Crippen LogP contribution in [0.2, 0.25) is 5.02 Å². The molecule has 0 bridgehead atoms. The van der Waals surface area contributed by atoms with E-state index in [1.807, 2.05) is 39.2 Å². The lowest BCUT2D eigenvalue weighted by Crippen LogP contribution is -2.07. The van der Waals surface area contributed by atoms with Gasteiger partial charge >= 0.3 is 0 Å². The van der Waals surface area contributed by atoms with Crippen molar-refractivity contribution in [2.45, 2.75) is 20.1 Å². The third kappa shape index (κ3) is 3.49. The first-order valence-electron chi connectivity index (χ1n) is 6.69. The molecular weight excluding hydrogens is 290 g/mol. The van der Waals surface area contributed by atoms with E-state index < -0.39 is 0 Å². The van der Waals surface area contributed by atoms with Gasteiger partial charge in [0.25, 0.3) is 0 Å². The highest BCUT2D eigenvalue weighted by atomic mass is 35.5. The summed E-state index contributed by atoms with van der Waals surface area (Å²) < 4.78 is 12.9. The number of halogens is 1. The van der Waals surface area contributed by atoms with Gasteiger partial charge in [-0.05, 0) is 31.7 Å². The molecule has 0 unspecified atom stereocenters. The third-order valence-electron chi connectivity index (χ3n) is 3.23. The van der Waals surface area contributed by atoms with E-state index >= 15 is 0 Å². The van der Waals surface area contributed by atoms with Gasteiger partial charge in [-0.3, -0.25) is 4.68 Å². The van der Waals surface area contributed by atoms with Crippen LogP contribution < -0.4 is 14.8 Å². The summed E-state index contributed by atoms with van der Waals surface area (Å²) in [6, 6.07) is 5.87. The molecule has 1 aromatic heterocycles. The molecule has 2 aromatic rings. The van der Waals surface area contributed by atoms with Gasteiger partial charge in [-0.1, -0.05) is 17.7 Å². The van der Waals surface area contributed by atoms with Crippen LogP contribution in [0.5, 0.6) is 11.5 Å². The number of nitrogens with zero attached hydrogens (tertiary/aromatic N) is 2. The van der Waals surface area contributed by atoms with Crippen LogP contribution in [0.15, 0.2) is 18.2 Å². The number of nitrogens with one attached hydrogen (secondary N) is 1. The van der Waals surface area contributed by atoms with Crippen LogP contribution in [0.4, 0.5) is 0 Å². The van der Waals surface area contributed by atoms with Crippen molar-refractivity contribution >= 4 is 11.6 Å². The Bertz CT molecular complexity index is 626. The first-order chi connectivity index (χ1) is 10.1. The van der Waals surface area contributed by atoms with E-state index in [4.69, 9.17) is 21.1 Å². The largest absolute Gasteiger partial charge is 0.493 e. The summed E-state index contributed by atoms with van der Waals surface area (Å²) in [6.45, 7) is 2.99. The lowest BCUT2D eigenvalue weighted by Gasteiger charge is -2.12. The average molecular weight is 310 g/mol. The number of hydrogen-bond donors (Lipinski definition) is 1. The molecule has 2 rings (SSSR count). The van der Waals surface area contributed by atoms with E-state index in [1.54, 1.807) is 11.8 Å². The van der Waals surface area contributed by atoms with E-state index in [0.29, 0.717) is 23.1 Å². The quantitative estimate of drug-likeness (QED) is 0.891. The monoisotopic (exact) mass is 309 g/mol. The van der Waals surface area contributed by atoms with Gasteiger partial charge in [-0.2, -0.15) is 5.10 Å². The second-order valence-electron chi connectivity index (χ2n) is 4.77. The fourth-order valence-corrected chi connectivity index (χ4v) is 2.35. The second kappa shape index (κ2) is 6.83. The minimum Gasteiger partial charge on any atom is -0.493 e. The highest BCUT2D eigenvalue weighted by Crippen LogP contribution is 2.30. The Morgan fingerprint density at radius 1 is 1.33 bits per heavy atom. The Labute approximate surface area is 129 Å². The standard InChI is InChI=1S/C15H20ClN3O2/c1-10-15(16)12(19(3)18-10)9-21-14-7-11(8-17-2)5-6-13(14)20-4/h5-7,17H,8-9H2,1-4H3. The lowest BCUT2D eigenvalue weighted by molar-refractivity contribution is 0.275. The summed E-state index contributed by atoms with van der Waals surface area (Å²) in [5.74, 6) is 1.39. The van der Waals surface area contributed by atoms with Crippen molar-refractivity contribution in [1.29, 1.82) is 0 Å². The summed E-state index contributed by atoms with van der Waals surface area (Å²) in [6.07, 6.45) is 0. The molecule has 0 amide bonds. The first kappa shape index (κ1) is 15.7. The molecule has 0 aliphatic rings. The van der Waals surface area contributed by atoms with Crippen molar-refractivity contribution < 1.29 is 9.47 Å². The molecule has 0 aliphatic heterocycles. The molecule has 0 spiro atoms. The van der Waals surface area contributed by atoms with Crippen molar-refractivity contribution in [3.05, 3.63) is 40.2 Å². The molecule has 0 radical (unpaired) electrons. The van der Waals surface area contributed by atoms with Gasteiger partial charge in [-0.15, -0.1) is 0 Å². The van der Waals surface area contributed by atoms with Crippen LogP contribution in [0.1, 0.15) is 17.0 Å². The molecule has 114 valence electrons. The van der Waals surface area contributed by atoms with Crippen LogP contribution in [0.3, 0.4) is 0 Å². The summed E-state index contributed by atoms with van der Waals surface area (Å²) >= 11 is 6.23. The molecule has 0 fully saturated rings. The maximum atomic E-state index is 6.23. The molecule has 1 aromatic carbocycles. The predicted octanol–water partition coefficient (Wildman–Crippen LogP) is 2.69. The number of aromatic nitrogens is 2. The number of rotatable bonds is 6. The van der Waals surface area contributed by atoms with Gasteiger partial charge < -0.3 is 14.8 Å². The number of hydrogen-bond acceptors (Lipinski definition) is 4. The summed E-state index contributed by atoms with van der Waals surface area (Å²) in [5.41, 5.74) is 2.77. The maximum Gasteiger partial charge on any atom is 0.162 e. The zero-order valence-electron chi connectivity index (χ0n) is 12.7. The summed E-state index contributed by atoms with van der Waals surface area (Å²) in [7, 11) is 5.39. The minimum atomic E-state index is 0.343. The fraction of sp³-hybridized carbons (Fsp3) is 0.400. The van der Waals surface area contributed by atoms with Crippen molar-refractivity contribution in [3.63, 3.8) is 0 Å². The Morgan fingerprint density at radius 3 is 2.67 bits per heavy atom. The molecule has 0 saturated carbocycles. The van der Waals surface area contributed by atoms with Gasteiger partial charge in [0.05, 0.1) is 23.5 Å². The molecule has 1 N–H and O–H groups in total. The fourth-order valence-electron chi connectivity index (χ4n) is 2.13. The molecule has 1 heterocycles. The van der Waals surface area contributed by atoms with Gasteiger partial charge in [0, 0.05) is 13.6 Å². The molecule has 5 nitrogen and oxygen atoms in total. The molecule has 0 atom stereocenters. The summed E-state index contributed by atoms with van der Waals surface area (Å²) in [5, 5.41) is 8.03. The third-order valence-corrected chi connectivity index (χ3v) is 3.73. The topological polar surface area (TPSA) is 48.3 Å². The Kier molecular flexibility index (Phi) is 5.09. The Hall–Kier alpha value is -1.72. The van der Waals surface area contributed by atoms with E-state index in [2.05, 4.69) is 10.4 Å². The lowest BCUT2D eigenvalue weighted by atomic mass is 10.2. The van der Waals surface area contributed by atoms with E-state index in [-0.39, 0.29) is 0 Å². The van der Waals surface area contributed by atoms with Crippen LogP contribution >= 0.6 is 11.6 Å². The average Bonchev–Trinajstić information content (AvgIpc) is 2.71. The second-order valence-corrected chi connectivity index (χ2v) is 5.15. The minimum absolute atomic E-state index is 0.343. The molecule has 0 aliphatic carbocycles. The number of methoxy groups -OCH3 is 1. The molecule has 0 saturated heterocycles. The summed E-state index contributed by atoms with van der Waals surface area (Å²) in [4.78, 5) is 0. The van der Waals surface area contributed by atoms with Gasteiger partial charge in [0.2, 0.25) is 0 Å². The first-order valence-corrected chi connectivity index (χ1v) is 7.07. The zero-order chi connectivity index (χ0) is 15.4. The van der Waals surface area contributed by atoms with Gasteiger partial charge in [0.15, 0.2) is 11.5 Å². The van der Waals surface area contributed by atoms with Crippen LogP contribution in [0, 0.1) is 6.92 Å². The van der Waals surface area contributed by atoms with Crippen molar-refractivity contribution in [2.75, 3.05) is 14.2 Å². The number of ether oxygens (including phenoxy) is 2. The van der Waals surface area contributed by atoms with Crippen molar-refractivity contribution in [1.82, 2.24) is 15.1 Å².